The monoisotopic (exact) mass is 448 g/mol. The molecule has 5 rings (SSSR count). The zero-order chi connectivity index (χ0) is 22.1. The molecule has 0 aliphatic carbocycles. The molecule has 2 aromatic carbocycles. The summed E-state index contributed by atoms with van der Waals surface area (Å²) in [6.45, 7) is 2.18. The van der Waals surface area contributed by atoms with E-state index in [4.69, 9.17) is 16.3 Å². The minimum Gasteiger partial charge on any atom is -0.455 e. The summed E-state index contributed by atoms with van der Waals surface area (Å²) in [5.74, 6) is 1.23. The number of benzene rings is 2. The number of aromatic nitrogens is 1. The fraction of sp³-hybridized carbons (Fsp3) is 0.208. The lowest BCUT2D eigenvalue weighted by molar-refractivity contribution is 0.0668. The first-order valence-electron chi connectivity index (χ1n) is 10.4. The molecule has 1 aromatic heterocycles. The van der Waals surface area contributed by atoms with Gasteiger partial charge in [0.2, 0.25) is 0 Å². The summed E-state index contributed by atoms with van der Waals surface area (Å²) in [5.41, 5.74) is 2.10. The number of piperazine rings is 1. The van der Waals surface area contributed by atoms with Gasteiger partial charge in [-0.25, -0.2) is 4.79 Å². The van der Waals surface area contributed by atoms with Crippen molar-refractivity contribution in [3.63, 3.8) is 0 Å². The maximum absolute atomic E-state index is 13.6. The Bertz CT molecular complexity index is 1160. The number of para-hydroxylation sites is 1. The van der Waals surface area contributed by atoms with Crippen LogP contribution in [-0.4, -0.2) is 52.9 Å². The van der Waals surface area contributed by atoms with Crippen molar-refractivity contribution in [2.45, 2.75) is 6.54 Å². The van der Waals surface area contributed by atoms with Crippen molar-refractivity contribution in [2.75, 3.05) is 31.1 Å². The Balaban J connectivity index is 1.36. The van der Waals surface area contributed by atoms with Gasteiger partial charge in [0.1, 0.15) is 5.75 Å². The topological polar surface area (TPSA) is 66.0 Å². The Morgan fingerprint density at radius 2 is 1.69 bits per heavy atom. The quantitative estimate of drug-likeness (QED) is 0.552. The van der Waals surface area contributed by atoms with Crippen LogP contribution in [0.1, 0.15) is 15.9 Å². The standard InChI is InChI=1S/C24H21ClN4O3/c25-19-7-8-22-20(14-19)29(16-18-4-1-2-6-21(18)32-22)24(31)28-12-10-27(11-13-28)23(30)17-5-3-9-26-15-17/h1-9,14-15H,10-13,16H2. The number of anilines is 1. The smallest absolute Gasteiger partial charge is 0.325 e. The molecule has 3 amide bonds. The lowest BCUT2D eigenvalue weighted by Crippen LogP contribution is -2.54. The minimum absolute atomic E-state index is 0.0700. The molecular weight excluding hydrogens is 428 g/mol. The largest absolute Gasteiger partial charge is 0.455 e. The van der Waals surface area contributed by atoms with Gasteiger partial charge in [-0.05, 0) is 36.4 Å². The third-order valence-corrected chi connectivity index (χ3v) is 5.94. The summed E-state index contributed by atoms with van der Waals surface area (Å²) < 4.78 is 6.09. The first-order chi connectivity index (χ1) is 15.6. The first kappa shape index (κ1) is 20.3. The van der Waals surface area contributed by atoms with Crippen LogP contribution in [0.5, 0.6) is 11.5 Å². The van der Waals surface area contributed by atoms with Crippen LogP contribution < -0.4 is 9.64 Å². The molecule has 0 unspecified atom stereocenters. The summed E-state index contributed by atoms with van der Waals surface area (Å²) in [4.78, 5) is 35.5. The van der Waals surface area contributed by atoms with Crippen molar-refractivity contribution >= 4 is 29.2 Å². The number of hydrogen-bond acceptors (Lipinski definition) is 4. The molecule has 8 heteroatoms. The number of fused-ring (bicyclic) bond motifs is 2. The van der Waals surface area contributed by atoms with Gasteiger partial charge >= 0.3 is 6.03 Å². The predicted octanol–water partition coefficient (Wildman–Crippen LogP) is 4.43. The van der Waals surface area contributed by atoms with E-state index in [1.54, 1.807) is 57.4 Å². The second-order valence-electron chi connectivity index (χ2n) is 7.71. The number of carbonyl (C=O) groups is 2. The second-order valence-corrected chi connectivity index (χ2v) is 8.15. The molecule has 0 spiro atoms. The van der Waals surface area contributed by atoms with Gasteiger partial charge in [-0.2, -0.15) is 0 Å². The number of nitrogens with zero attached hydrogens (tertiary/aromatic N) is 4. The minimum atomic E-state index is -0.137. The lowest BCUT2D eigenvalue weighted by atomic mass is 10.2. The van der Waals surface area contributed by atoms with Crippen molar-refractivity contribution in [2.24, 2.45) is 0 Å². The molecule has 162 valence electrons. The number of rotatable bonds is 1. The summed E-state index contributed by atoms with van der Waals surface area (Å²) >= 11 is 6.25. The molecule has 3 heterocycles. The van der Waals surface area contributed by atoms with Gasteiger partial charge in [0.25, 0.3) is 5.91 Å². The summed E-state index contributed by atoms with van der Waals surface area (Å²) in [7, 11) is 0. The number of amides is 3. The van der Waals surface area contributed by atoms with Gasteiger partial charge in [0.05, 0.1) is 17.8 Å². The van der Waals surface area contributed by atoms with Crippen LogP contribution in [0.2, 0.25) is 5.02 Å². The van der Waals surface area contributed by atoms with Crippen LogP contribution in [0, 0.1) is 0 Å². The Morgan fingerprint density at radius 1 is 0.906 bits per heavy atom. The van der Waals surface area contributed by atoms with Gasteiger partial charge in [-0.15, -0.1) is 0 Å². The van der Waals surface area contributed by atoms with E-state index in [1.807, 2.05) is 24.3 Å². The van der Waals surface area contributed by atoms with Crippen LogP contribution in [0.4, 0.5) is 10.5 Å². The van der Waals surface area contributed by atoms with Crippen molar-refractivity contribution in [1.29, 1.82) is 0 Å². The highest BCUT2D eigenvalue weighted by atomic mass is 35.5. The Kier molecular flexibility index (Phi) is 5.41. The van der Waals surface area contributed by atoms with Crippen molar-refractivity contribution in [1.82, 2.24) is 14.8 Å². The maximum Gasteiger partial charge on any atom is 0.325 e. The van der Waals surface area contributed by atoms with E-state index >= 15 is 0 Å². The van der Waals surface area contributed by atoms with Crippen LogP contribution >= 0.6 is 11.6 Å². The highest BCUT2D eigenvalue weighted by molar-refractivity contribution is 6.31. The summed E-state index contributed by atoms with van der Waals surface area (Å²) in [6.07, 6.45) is 3.20. The van der Waals surface area contributed by atoms with Crippen LogP contribution in [0.3, 0.4) is 0 Å². The predicted molar refractivity (Wildman–Crippen MR) is 121 cm³/mol. The summed E-state index contributed by atoms with van der Waals surface area (Å²) in [5, 5.41) is 0.531. The molecular formula is C24H21ClN4O3. The van der Waals surface area contributed by atoms with E-state index in [-0.39, 0.29) is 11.9 Å². The zero-order valence-corrected chi connectivity index (χ0v) is 18.0. The molecule has 2 aliphatic heterocycles. The molecule has 1 fully saturated rings. The van der Waals surface area contributed by atoms with Crippen molar-refractivity contribution in [3.05, 3.63) is 83.1 Å². The highest BCUT2D eigenvalue weighted by Gasteiger charge is 2.32. The normalized spacial score (nSPS) is 15.3. The average Bonchev–Trinajstić information content (AvgIpc) is 3.00. The van der Waals surface area contributed by atoms with Crippen LogP contribution in [0.25, 0.3) is 0 Å². The molecule has 2 aliphatic rings. The molecule has 7 nitrogen and oxygen atoms in total. The fourth-order valence-corrected chi connectivity index (χ4v) is 4.18. The van der Waals surface area contributed by atoms with Gasteiger partial charge in [-0.1, -0.05) is 29.8 Å². The van der Waals surface area contributed by atoms with E-state index in [2.05, 4.69) is 4.98 Å². The number of hydrogen-bond donors (Lipinski definition) is 0. The van der Waals surface area contributed by atoms with Crippen LogP contribution in [-0.2, 0) is 6.54 Å². The maximum atomic E-state index is 13.6. The van der Waals surface area contributed by atoms with E-state index in [9.17, 15) is 9.59 Å². The lowest BCUT2D eigenvalue weighted by Gasteiger charge is -2.37. The number of pyridine rings is 1. The molecule has 1 saturated heterocycles. The first-order valence-corrected chi connectivity index (χ1v) is 10.8. The third-order valence-electron chi connectivity index (χ3n) is 5.71. The number of urea groups is 1. The molecule has 0 saturated carbocycles. The number of halogens is 1. The van der Waals surface area contributed by atoms with Gasteiger partial charge in [0, 0.05) is 49.2 Å². The van der Waals surface area contributed by atoms with Crippen LogP contribution in [0.15, 0.2) is 67.0 Å². The molecule has 0 radical (unpaired) electrons. The average molecular weight is 449 g/mol. The molecule has 32 heavy (non-hydrogen) atoms. The van der Waals surface area contributed by atoms with E-state index < -0.39 is 0 Å². The second kappa shape index (κ2) is 8.51. The van der Waals surface area contributed by atoms with Gasteiger partial charge in [-0.3, -0.25) is 14.7 Å². The van der Waals surface area contributed by atoms with E-state index in [0.29, 0.717) is 54.7 Å². The van der Waals surface area contributed by atoms with Crippen molar-refractivity contribution < 1.29 is 14.3 Å². The fourth-order valence-electron chi connectivity index (χ4n) is 4.01. The highest BCUT2D eigenvalue weighted by Crippen LogP contribution is 2.40. The third kappa shape index (κ3) is 3.87. The SMILES string of the molecule is O=C(c1cccnc1)N1CCN(C(=O)N2Cc3ccccc3Oc3ccc(Cl)cc32)CC1. The molecule has 0 atom stereocenters. The Hall–Kier alpha value is -3.58. The van der Waals surface area contributed by atoms with Crippen molar-refractivity contribution in [3.8, 4) is 11.5 Å². The van der Waals surface area contributed by atoms with Gasteiger partial charge in [0.15, 0.2) is 5.75 Å². The zero-order valence-electron chi connectivity index (χ0n) is 17.3. The summed E-state index contributed by atoms with van der Waals surface area (Å²) in [6, 6.07) is 16.3. The van der Waals surface area contributed by atoms with Gasteiger partial charge < -0.3 is 14.5 Å². The Morgan fingerprint density at radius 3 is 2.47 bits per heavy atom. The molecule has 3 aromatic rings. The molecule has 0 N–H and O–H groups in total. The number of carbonyl (C=O) groups excluding carboxylic acids is 2. The van der Waals surface area contributed by atoms with E-state index in [0.717, 1.165) is 11.3 Å². The number of ether oxygens (including phenoxy) is 1. The van der Waals surface area contributed by atoms with E-state index in [1.165, 1.54) is 0 Å². The Labute approximate surface area is 190 Å². The molecule has 0 bridgehead atoms.